The van der Waals surface area contributed by atoms with E-state index in [-0.39, 0.29) is 17.1 Å². The number of Topliss-reactive ketones (excluding diaryl/α,β-unsaturated/α-hetero) is 1. The Balaban J connectivity index is 1.38. The Hall–Kier alpha value is -3.51. The van der Waals surface area contributed by atoms with Crippen LogP contribution in [-0.4, -0.2) is 40.4 Å². The summed E-state index contributed by atoms with van der Waals surface area (Å²) in [5.41, 5.74) is 2.06. The van der Waals surface area contributed by atoms with Crippen molar-refractivity contribution in [2.45, 2.75) is 30.5 Å². The lowest BCUT2D eigenvalue weighted by Gasteiger charge is -2.19. The molecule has 2 aromatic heterocycles. The molecule has 0 amide bonds. The number of nitrogens with zero attached hydrogens (tertiary/aromatic N) is 6. The molecule has 1 aromatic carbocycles. The van der Waals surface area contributed by atoms with Crippen LogP contribution in [0.4, 0.5) is 11.4 Å². The predicted octanol–water partition coefficient (Wildman–Crippen LogP) is 3.78. The summed E-state index contributed by atoms with van der Waals surface area (Å²) < 4.78 is 7.53. The molecule has 3 aromatic rings. The maximum absolute atomic E-state index is 13.1. The highest BCUT2D eigenvalue weighted by Gasteiger charge is 2.33. The largest absolute Gasteiger partial charge is 0.467 e. The minimum Gasteiger partial charge on any atom is -0.467 e. The number of rotatable bonds is 7. The van der Waals surface area contributed by atoms with E-state index in [2.05, 4.69) is 16.3 Å². The van der Waals surface area contributed by atoms with Crippen LogP contribution in [0.2, 0.25) is 0 Å². The number of furan rings is 1. The first kappa shape index (κ1) is 20.4. The van der Waals surface area contributed by atoms with Crippen LogP contribution in [0.3, 0.4) is 0 Å². The molecule has 0 N–H and O–H groups in total. The van der Waals surface area contributed by atoms with Gasteiger partial charge in [0.05, 0.1) is 29.9 Å². The second-order valence-corrected chi connectivity index (χ2v) is 8.85. The molecule has 0 atom stereocenters. The second kappa shape index (κ2) is 8.20. The van der Waals surface area contributed by atoms with Gasteiger partial charge >= 0.3 is 0 Å². The third kappa shape index (κ3) is 3.56. The molecule has 9 heteroatoms. The molecular weight excluding hydrogens is 424 g/mol. The fourth-order valence-corrected chi connectivity index (χ4v) is 4.83. The molecule has 5 rings (SSSR count). The number of hydrogen-bond donors (Lipinski definition) is 0. The number of benzene rings is 1. The zero-order chi connectivity index (χ0) is 22.2. The monoisotopic (exact) mass is 446 g/mol. The number of anilines is 2. The van der Waals surface area contributed by atoms with Crippen LogP contribution in [0.15, 0.2) is 63.6 Å². The normalized spacial score (nSPS) is 15.1. The van der Waals surface area contributed by atoms with E-state index in [0.29, 0.717) is 23.4 Å². The molecule has 0 bridgehead atoms. The minimum absolute atomic E-state index is 0.103. The topological polar surface area (TPSA) is 91.2 Å². The van der Waals surface area contributed by atoms with Gasteiger partial charge in [0.1, 0.15) is 29.0 Å². The van der Waals surface area contributed by atoms with Gasteiger partial charge in [0.15, 0.2) is 10.9 Å². The molecule has 1 fully saturated rings. The van der Waals surface area contributed by atoms with E-state index in [4.69, 9.17) is 4.42 Å². The van der Waals surface area contributed by atoms with Gasteiger partial charge in [0.2, 0.25) is 0 Å². The second-order valence-electron chi connectivity index (χ2n) is 7.91. The number of para-hydroxylation sites is 2. The Labute approximate surface area is 190 Å². The molecule has 1 aliphatic heterocycles. The lowest BCUT2D eigenvalue weighted by atomic mass is 10.2. The number of hydrogen-bond acceptors (Lipinski definition) is 8. The molecule has 32 heavy (non-hydrogen) atoms. The summed E-state index contributed by atoms with van der Waals surface area (Å²) in [5, 5.41) is 19.2. The Morgan fingerprint density at radius 2 is 1.88 bits per heavy atom. The lowest BCUT2D eigenvalue weighted by Crippen LogP contribution is -2.26. The number of aromatic nitrogens is 3. The highest BCUT2D eigenvalue weighted by molar-refractivity contribution is 7.99. The van der Waals surface area contributed by atoms with Crippen molar-refractivity contribution in [2.24, 2.45) is 0 Å². The number of thioether (sulfide) groups is 1. The van der Waals surface area contributed by atoms with Crippen molar-refractivity contribution in [3.05, 3.63) is 65.6 Å². The van der Waals surface area contributed by atoms with E-state index in [0.717, 1.165) is 35.8 Å². The van der Waals surface area contributed by atoms with Crippen LogP contribution in [0.1, 0.15) is 30.3 Å². The molecule has 0 unspecified atom stereocenters. The molecule has 3 heterocycles. The molecule has 0 spiro atoms. The van der Waals surface area contributed by atoms with Crippen molar-refractivity contribution in [3.8, 4) is 6.07 Å². The predicted molar refractivity (Wildman–Crippen MR) is 121 cm³/mol. The number of carbonyl (C=O) groups excluding carboxylic acids is 1. The summed E-state index contributed by atoms with van der Waals surface area (Å²) in [4.78, 5) is 16.9. The van der Waals surface area contributed by atoms with E-state index in [9.17, 15) is 10.1 Å². The first-order valence-corrected chi connectivity index (χ1v) is 11.4. The number of carbonyl (C=O) groups is 1. The molecule has 2 aliphatic rings. The van der Waals surface area contributed by atoms with Gasteiger partial charge in [-0.25, -0.2) is 0 Å². The summed E-state index contributed by atoms with van der Waals surface area (Å²) in [6, 6.07) is 13.7. The first-order valence-electron chi connectivity index (χ1n) is 10.4. The highest BCUT2D eigenvalue weighted by atomic mass is 32.2. The van der Waals surface area contributed by atoms with Gasteiger partial charge in [0.25, 0.3) is 0 Å². The van der Waals surface area contributed by atoms with Crippen molar-refractivity contribution in [2.75, 3.05) is 29.6 Å². The fraction of sp³-hybridized carbons (Fsp3) is 0.304. The Morgan fingerprint density at radius 3 is 2.47 bits per heavy atom. The van der Waals surface area contributed by atoms with Gasteiger partial charge in [0, 0.05) is 20.0 Å². The molecule has 8 nitrogen and oxygen atoms in total. The van der Waals surface area contributed by atoms with Crippen LogP contribution >= 0.6 is 11.8 Å². The van der Waals surface area contributed by atoms with Crippen LogP contribution in [0.25, 0.3) is 0 Å². The van der Waals surface area contributed by atoms with E-state index in [1.54, 1.807) is 6.26 Å². The average molecular weight is 447 g/mol. The van der Waals surface area contributed by atoms with Gasteiger partial charge in [-0.2, -0.15) is 5.26 Å². The quantitative estimate of drug-likeness (QED) is 0.308. The van der Waals surface area contributed by atoms with Crippen molar-refractivity contribution in [1.82, 2.24) is 14.8 Å². The number of ketones is 1. The molecule has 0 radical (unpaired) electrons. The van der Waals surface area contributed by atoms with Crippen LogP contribution < -0.4 is 9.80 Å². The Morgan fingerprint density at radius 1 is 1.16 bits per heavy atom. The summed E-state index contributed by atoms with van der Waals surface area (Å²) in [6.45, 7) is 0.523. The summed E-state index contributed by atoms with van der Waals surface area (Å²) in [7, 11) is 3.74. The van der Waals surface area contributed by atoms with Gasteiger partial charge in [-0.05, 0) is 37.1 Å². The molecule has 0 saturated heterocycles. The van der Waals surface area contributed by atoms with Crippen molar-refractivity contribution >= 4 is 28.9 Å². The van der Waals surface area contributed by atoms with Crippen LogP contribution in [0.5, 0.6) is 0 Å². The summed E-state index contributed by atoms with van der Waals surface area (Å²) in [6.07, 6.45) is 3.85. The minimum atomic E-state index is -0.237. The Kier molecular flexibility index (Phi) is 5.23. The zero-order valence-electron chi connectivity index (χ0n) is 17.9. The SMILES string of the molecule is CN1C(=C(C#N)C(=O)CSc2nnc(C3CC3)n2Cc2ccco2)N(C)c2ccccc21. The average Bonchev–Trinajstić information content (AvgIpc) is 3.27. The number of nitriles is 1. The molecule has 162 valence electrons. The van der Waals surface area contributed by atoms with E-state index in [1.807, 2.05) is 64.9 Å². The Bertz CT molecular complexity index is 1200. The number of fused-ring (bicyclic) bond motifs is 1. The van der Waals surface area contributed by atoms with Crippen LogP contribution in [-0.2, 0) is 11.3 Å². The fourth-order valence-electron chi connectivity index (χ4n) is 4.02. The van der Waals surface area contributed by atoms with Crippen molar-refractivity contribution in [1.29, 1.82) is 5.26 Å². The van der Waals surface area contributed by atoms with Gasteiger partial charge in [-0.15, -0.1) is 10.2 Å². The molecular formula is C23H22N6O2S. The van der Waals surface area contributed by atoms with Crippen molar-refractivity contribution < 1.29 is 9.21 Å². The lowest BCUT2D eigenvalue weighted by molar-refractivity contribution is -0.112. The summed E-state index contributed by atoms with van der Waals surface area (Å²) >= 11 is 1.31. The molecule has 1 saturated carbocycles. The smallest absolute Gasteiger partial charge is 0.192 e. The number of allylic oxidation sites excluding steroid dienone is 1. The summed E-state index contributed by atoms with van der Waals surface area (Å²) in [5.74, 6) is 2.62. The van der Waals surface area contributed by atoms with E-state index in [1.165, 1.54) is 11.8 Å². The third-order valence-electron chi connectivity index (χ3n) is 5.77. The maximum Gasteiger partial charge on any atom is 0.192 e. The van der Waals surface area contributed by atoms with Gasteiger partial charge in [-0.1, -0.05) is 23.9 Å². The molecule has 1 aliphatic carbocycles. The highest BCUT2D eigenvalue weighted by Crippen LogP contribution is 2.41. The maximum atomic E-state index is 13.1. The van der Waals surface area contributed by atoms with E-state index >= 15 is 0 Å². The van der Waals surface area contributed by atoms with Gasteiger partial charge < -0.3 is 14.2 Å². The third-order valence-corrected chi connectivity index (χ3v) is 6.74. The van der Waals surface area contributed by atoms with Gasteiger partial charge in [-0.3, -0.25) is 9.36 Å². The van der Waals surface area contributed by atoms with Crippen molar-refractivity contribution in [3.63, 3.8) is 0 Å². The first-order chi connectivity index (χ1) is 15.6. The van der Waals surface area contributed by atoms with E-state index < -0.39 is 0 Å². The van der Waals surface area contributed by atoms with Crippen LogP contribution in [0, 0.1) is 11.3 Å². The standard InChI is InChI=1S/C23H22N6O2S/c1-27-18-7-3-4-8-19(18)28(2)22(27)17(12-24)20(30)14-32-23-26-25-21(15-9-10-15)29(23)13-16-6-5-11-31-16/h3-8,11,15H,9-10,13-14H2,1-2H3. The zero-order valence-corrected chi connectivity index (χ0v) is 18.7.